The maximum Gasteiger partial charge on any atom is 0.176 e. The third kappa shape index (κ3) is 6.17. The molecular weight excluding hydrogens is 167 g/mol. The van der Waals surface area contributed by atoms with Crippen LogP contribution in [0.5, 0.6) is 0 Å². The van der Waals surface area contributed by atoms with Gasteiger partial charge in [-0.2, -0.15) is 0 Å². The van der Waals surface area contributed by atoms with E-state index >= 15 is 0 Å². The third-order valence-corrected chi connectivity index (χ3v) is 2.15. The van der Waals surface area contributed by atoms with Gasteiger partial charge in [-0.05, 0) is 11.8 Å². The second-order valence-electron chi connectivity index (χ2n) is 1.45. The van der Waals surface area contributed by atoms with Crippen molar-refractivity contribution in [3.05, 3.63) is 25.3 Å². The van der Waals surface area contributed by atoms with Gasteiger partial charge in [0.05, 0.1) is 13.2 Å². The van der Waals surface area contributed by atoms with Gasteiger partial charge in [-0.3, -0.25) is 0 Å². The molecule has 0 saturated carbocycles. The molecule has 0 radical (unpaired) electrons. The maximum atomic E-state index is 5.02. The van der Waals surface area contributed by atoms with Crippen LogP contribution in [0.25, 0.3) is 0 Å². The average molecular weight is 178 g/mol. The molecule has 0 N–H and O–H groups in total. The molecule has 0 aromatic heterocycles. The molecule has 58 valence electrons. The summed E-state index contributed by atoms with van der Waals surface area (Å²) in [4.78, 5) is 0. The fraction of sp³-hybridized carbons (Fsp3) is 0.333. The van der Waals surface area contributed by atoms with Crippen molar-refractivity contribution in [2.45, 2.75) is 0 Å². The first-order chi connectivity index (χ1) is 4.81. The van der Waals surface area contributed by atoms with Crippen LogP contribution < -0.4 is 0 Å². The smallest absolute Gasteiger partial charge is 0.176 e. The van der Waals surface area contributed by atoms with E-state index in [-0.39, 0.29) is 0 Å². The molecule has 0 atom stereocenters. The molecule has 10 heavy (non-hydrogen) atoms. The minimum Gasteiger partial charge on any atom is -0.327 e. The molecule has 0 unspecified atom stereocenters. The van der Waals surface area contributed by atoms with Crippen LogP contribution in [-0.2, 0) is 20.9 Å². The van der Waals surface area contributed by atoms with Gasteiger partial charge in [0, 0.05) is 0 Å². The summed E-state index contributed by atoms with van der Waals surface area (Å²) in [6, 6.07) is 0. The highest BCUT2D eigenvalue weighted by atomic mass is 32.4. The molecule has 0 saturated heterocycles. The standard InChI is InChI=1S/C6H11O2PS/c1-3-5-7-9(10)8-6-4-2/h3-4,9H,1-2,5-6H2. The summed E-state index contributed by atoms with van der Waals surface area (Å²) in [6.07, 6.45) is 3.29. The summed E-state index contributed by atoms with van der Waals surface area (Å²) in [5.41, 5.74) is 0. The minimum atomic E-state index is -1.47. The lowest BCUT2D eigenvalue weighted by molar-refractivity contribution is 0.308. The Morgan fingerprint density at radius 3 is 1.90 bits per heavy atom. The zero-order valence-corrected chi connectivity index (χ0v) is 7.52. The fourth-order valence-corrected chi connectivity index (χ4v) is 1.30. The minimum absolute atomic E-state index is 0.467. The van der Waals surface area contributed by atoms with Gasteiger partial charge < -0.3 is 9.05 Å². The van der Waals surface area contributed by atoms with Crippen molar-refractivity contribution in [1.82, 2.24) is 0 Å². The zero-order valence-electron chi connectivity index (χ0n) is 5.71. The predicted molar refractivity (Wildman–Crippen MR) is 48.0 cm³/mol. The molecule has 0 rings (SSSR count). The molecular formula is C6H11O2PS. The molecule has 0 aromatic rings. The Labute approximate surface area is 67.1 Å². The molecule has 4 heteroatoms. The molecule has 0 heterocycles. The van der Waals surface area contributed by atoms with Crippen LogP contribution in [0.3, 0.4) is 0 Å². The summed E-state index contributed by atoms with van der Waals surface area (Å²) in [6.45, 7) is 7.90. The average Bonchev–Trinajstić information content (AvgIpc) is 1.97. The Balaban J connectivity index is 3.24. The van der Waals surface area contributed by atoms with Gasteiger partial charge in [-0.25, -0.2) is 0 Å². The Hall–Kier alpha value is 0.0500. The van der Waals surface area contributed by atoms with Crippen LogP contribution in [0.2, 0.25) is 0 Å². The topological polar surface area (TPSA) is 18.5 Å². The fourth-order valence-electron chi connectivity index (χ4n) is 0.296. The van der Waals surface area contributed by atoms with E-state index in [4.69, 9.17) is 20.9 Å². The van der Waals surface area contributed by atoms with Crippen LogP contribution in [0.1, 0.15) is 0 Å². The second kappa shape index (κ2) is 7.16. The van der Waals surface area contributed by atoms with E-state index in [2.05, 4.69) is 13.2 Å². The van der Waals surface area contributed by atoms with Gasteiger partial charge in [0.1, 0.15) is 0 Å². The van der Waals surface area contributed by atoms with E-state index < -0.39 is 7.15 Å². The van der Waals surface area contributed by atoms with Gasteiger partial charge in [0.15, 0.2) is 7.15 Å². The maximum absolute atomic E-state index is 5.02. The van der Waals surface area contributed by atoms with Crippen LogP contribution in [0.4, 0.5) is 0 Å². The monoisotopic (exact) mass is 178 g/mol. The molecule has 0 bridgehead atoms. The molecule has 0 aliphatic carbocycles. The lowest BCUT2D eigenvalue weighted by Crippen LogP contribution is -1.84. The first-order valence-electron chi connectivity index (χ1n) is 2.82. The molecule has 2 nitrogen and oxygen atoms in total. The molecule has 0 fully saturated rings. The molecule has 0 aliphatic rings. The Morgan fingerprint density at radius 2 is 1.60 bits per heavy atom. The third-order valence-electron chi connectivity index (χ3n) is 0.638. The van der Waals surface area contributed by atoms with Crippen molar-refractivity contribution in [2.75, 3.05) is 13.2 Å². The van der Waals surface area contributed by atoms with E-state index in [1.807, 2.05) is 0 Å². The van der Waals surface area contributed by atoms with E-state index in [0.29, 0.717) is 13.2 Å². The quantitative estimate of drug-likeness (QED) is 0.457. The van der Waals surface area contributed by atoms with Gasteiger partial charge in [-0.1, -0.05) is 12.2 Å². The van der Waals surface area contributed by atoms with Crippen LogP contribution in [-0.4, -0.2) is 13.2 Å². The zero-order chi connectivity index (χ0) is 7.82. The lowest BCUT2D eigenvalue weighted by atomic mass is 10.7. The van der Waals surface area contributed by atoms with Crippen LogP contribution >= 0.6 is 7.15 Å². The van der Waals surface area contributed by atoms with Gasteiger partial charge in [0.2, 0.25) is 0 Å². The SMILES string of the molecule is C=CCO[PH](=S)OCC=C. The number of rotatable bonds is 6. The molecule has 0 aromatic carbocycles. The van der Waals surface area contributed by atoms with Crippen molar-refractivity contribution in [1.29, 1.82) is 0 Å². The highest BCUT2D eigenvalue weighted by Crippen LogP contribution is 2.23. The van der Waals surface area contributed by atoms with Crippen molar-refractivity contribution >= 4 is 19.0 Å². The summed E-state index contributed by atoms with van der Waals surface area (Å²) in [7, 11) is -1.47. The van der Waals surface area contributed by atoms with E-state index in [1.54, 1.807) is 12.2 Å². The van der Waals surface area contributed by atoms with Crippen molar-refractivity contribution in [3.8, 4) is 0 Å². The summed E-state index contributed by atoms with van der Waals surface area (Å²) >= 11 is 4.83. The summed E-state index contributed by atoms with van der Waals surface area (Å²) < 4.78 is 10.0. The number of hydrogen-bond donors (Lipinski definition) is 0. The molecule has 0 spiro atoms. The number of hydrogen-bond acceptors (Lipinski definition) is 3. The Bertz CT molecular complexity index is 122. The first-order valence-corrected chi connectivity index (χ1v) is 5.27. The normalized spacial score (nSPS) is 9.70. The molecule has 0 aliphatic heterocycles. The highest BCUT2D eigenvalue weighted by Gasteiger charge is 1.88. The summed E-state index contributed by atoms with van der Waals surface area (Å²) in [5, 5.41) is 0. The van der Waals surface area contributed by atoms with Crippen LogP contribution in [0.15, 0.2) is 25.3 Å². The largest absolute Gasteiger partial charge is 0.327 e. The molecule has 0 amide bonds. The van der Waals surface area contributed by atoms with Gasteiger partial charge >= 0.3 is 0 Å². The predicted octanol–water partition coefficient (Wildman–Crippen LogP) is 1.90. The van der Waals surface area contributed by atoms with Gasteiger partial charge in [-0.15, -0.1) is 13.2 Å². The van der Waals surface area contributed by atoms with E-state index in [9.17, 15) is 0 Å². The van der Waals surface area contributed by atoms with E-state index in [0.717, 1.165) is 0 Å². The van der Waals surface area contributed by atoms with E-state index in [1.165, 1.54) is 0 Å². The summed E-state index contributed by atoms with van der Waals surface area (Å²) in [5.74, 6) is 0. The second-order valence-corrected chi connectivity index (χ2v) is 3.53. The Morgan fingerprint density at radius 1 is 1.20 bits per heavy atom. The highest BCUT2D eigenvalue weighted by molar-refractivity contribution is 8.00. The van der Waals surface area contributed by atoms with Crippen LogP contribution in [0, 0.1) is 0 Å². The van der Waals surface area contributed by atoms with Gasteiger partial charge in [0.25, 0.3) is 0 Å². The Kier molecular flexibility index (Phi) is 7.20. The first kappa shape index (κ1) is 10.0. The van der Waals surface area contributed by atoms with Crippen molar-refractivity contribution in [3.63, 3.8) is 0 Å². The van der Waals surface area contributed by atoms with Crippen molar-refractivity contribution in [2.24, 2.45) is 0 Å². The van der Waals surface area contributed by atoms with Crippen molar-refractivity contribution < 1.29 is 9.05 Å². The lowest BCUT2D eigenvalue weighted by Gasteiger charge is -2.02.